The first-order valence-corrected chi connectivity index (χ1v) is 20.0. The first-order chi connectivity index (χ1) is 28.9. The molecule has 0 aromatic rings. The van der Waals surface area contributed by atoms with Gasteiger partial charge < -0.3 is 83.7 Å². The third kappa shape index (κ3) is 18.9. The molecular formula is C37H58N10O15-2. The molecule has 348 valence electrons. The Morgan fingerprint density at radius 1 is 0.548 bits per heavy atom. The van der Waals surface area contributed by atoms with E-state index in [4.69, 9.17) is 5.73 Å². The van der Waals surface area contributed by atoms with E-state index in [0.717, 1.165) is 6.92 Å². The molecule has 62 heavy (non-hydrogen) atoms. The lowest BCUT2D eigenvalue weighted by molar-refractivity contribution is -0.368. The van der Waals surface area contributed by atoms with Gasteiger partial charge in [0.1, 0.15) is 48.3 Å². The second kappa shape index (κ2) is 26.0. The molecule has 25 nitrogen and oxygen atoms in total. The van der Waals surface area contributed by atoms with E-state index in [1.54, 1.807) is 20.8 Å². The van der Waals surface area contributed by atoms with Crippen molar-refractivity contribution in [2.45, 2.75) is 141 Å². The number of nitrogens with one attached hydrogen (secondary N) is 8. The van der Waals surface area contributed by atoms with Gasteiger partial charge in [0.15, 0.2) is 0 Å². The number of primary amides is 1. The fourth-order valence-corrected chi connectivity index (χ4v) is 6.02. The van der Waals surface area contributed by atoms with Crippen molar-refractivity contribution in [2.24, 2.45) is 17.6 Å². The fraction of sp³-hybridized carbons (Fsp3) is 0.676. The van der Waals surface area contributed by atoms with Crippen LogP contribution in [0.25, 0.3) is 0 Å². The van der Waals surface area contributed by atoms with Crippen LogP contribution in [0.3, 0.4) is 0 Å². The predicted octanol–water partition coefficient (Wildman–Crippen LogP) is -9.30. The minimum atomic E-state index is -2.02. The van der Waals surface area contributed by atoms with Crippen molar-refractivity contribution in [1.82, 2.24) is 42.5 Å². The quantitative estimate of drug-likeness (QED) is 0.0644. The number of carbonyl (C=O) groups is 12. The minimum absolute atomic E-state index is 0.108. The third-order valence-corrected chi connectivity index (χ3v) is 9.56. The summed E-state index contributed by atoms with van der Waals surface area (Å²) in [6.07, 6.45) is -3.83. The highest BCUT2D eigenvalue weighted by atomic mass is 16.4. The summed E-state index contributed by atoms with van der Waals surface area (Å²) in [7, 11) is 0. The fourth-order valence-electron chi connectivity index (χ4n) is 6.02. The van der Waals surface area contributed by atoms with Gasteiger partial charge in [-0.15, -0.1) is 0 Å². The first kappa shape index (κ1) is 53.6. The number of hydrogen-bond acceptors (Lipinski definition) is 15. The third-order valence-electron chi connectivity index (χ3n) is 9.56. The molecule has 0 unspecified atom stereocenters. The molecule has 0 aliphatic carbocycles. The molecule has 1 saturated heterocycles. The summed E-state index contributed by atoms with van der Waals surface area (Å²) in [6.45, 7) is 7.86. The van der Waals surface area contributed by atoms with Gasteiger partial charge in [0.25, 0.3) is 0 Å². The van der Waals surface area contributed by atoms with E-state index >= 15 is 0 Å². The lowest BCUT2D eigenvalue weighted by atomic mass is 9.96. The number of nitrogens with two attached hydrogens (primary N) is 1. The Balaban J connectivity index is 3.97. The standard InChI is InChI=1S/C37H60N10O15/c1-6-17(4)29-37(62)46-24(15-28(53)54)36(61)44-21(12-25(39)48)34(59)43-20(11-16(2)3)33(58)45-22(13-26(49)50)32(57)40-18(5)30(55)42-23(14-27(51)52)35(60)41-19(31(56)47-29)9-7-8-10-38/h16-24,29H,6-15,38H2,1-5H3,(H2,39,48)(H,40,57)(H,41,60)(H,42,55)(H,43,59)(H,44,61)(H,45,58)(H,46,62)(H,47,56)(H,49,50)(H,51,52)(H,53,54)/p-2/t17-,18-,19-,20-,21-,22-,23-,24-,29-/m0/s1. The Bertz CT molecular complexity index is 1690. The van der Waals surface area contributed by atoms with Crippen molar-refractivity contribution in [3.8, 4) is 0 Å². The van der Waals surface area contributed by atoms with Crippen LogP contribution in [-0.4, -0.2) is 126 Å². The van der Waals surface area contributed by atoms with Gasteiger partial charge in [0.05, 0.1) is 13.0 Å². The van der Waals surface area contributed by atoms with Crippen molar-refractivity contribution in [2.75, 3.05) is 6.54 Å². The number of carbonyl (C=O) groups excluding carboxylic acids is 12. The summed E-state index contributed by atoms with van der Waals surface area (Å²) in [5.41, 5.74) is 9.04. The SMILES string of the molecule is CC[C@H](C)[C@@H]1NC(=O)[C@H](CCCC[NH3+])NC(=O)[C@H](CC(=O)[O-])NC(=O)[C@H](C)NC(=O)[C@H](CC(=O)[O-])NC(=O)[C@H](CC(C)C)NC(=O)[C@H](CC(N)=O)NC(=O)[C@H](CC(=O)[O-])NC1=O. The first-order valence-electron chi connectivity index (χ1n) is 20.0. The minimum Gasteiger partial charge on any atom is -0.550 e. The summed E-state index contributed by atoms with van der Waals surface area (Å²) in [5, 5.41) is 53.0. The van der Waals surface area contributed by atoms with Crippen LogP contribution in [0.2, 0.25) is 0 Å². The largest absolute Gasteiger partial charge is 0.550 e. The zero-order chi connectivity index (χ0) is 47.4. The zero-order valence-corrected chi connectivity index (χ0v) is 35.3. The van der Waals surface area contributed by atoms with Crippen LogP contribution < -0.4 is 69.3 Å². The van der Waals surface area contributed by atoms with Gasteiger partial charge >= 0.3 is 0 Å². The van der Waals surface area contributed by atoms with Crippen molar-refractivity contribution in [3.05, 3.63) is 0 Å². The van der Waals surface area contributed by atoms with Crippen LogP contribution in [-0.2, 0) is 57.5 Å². The zero-order valence-electron chi connectivity index (χ0n) is 35.3. The van der Waals surface area contributed by atoms with Crippen LogP contribution in [0.5, 0.6) is 0 Å². The Kier molecular flexibility index (Phi) is 22.5. The van der Waals surface area contributed by atoms with Gasteiger partial charge in [-0.25, -0.2) is 0 Å². The highest BCUT2D eigenvalue weighted by Gasteiger charge is 2.37. The van der Waals surface area contributed by atoms with Crippen LogP contribution >= 0.6 is 0 Å². The van der Waals surface area contributed by atoms with E-state index in [2.05, 4.69) is 48.3 Å². The maximum absolute atomic E-state index is 13.8. The van der Waals surface area contributed by atoms with Crippen LogP contribution in [0.15, 0.2) is 0 Å². The van der Waals surface area contributed by atoms with E-state index in [0.29, 0.717) is 13.0 Å². The van der Waals surface area contributed by atoms with E-state index in [-0.39, 0.29) is 25.7 Å². The van der Waals surface area contributed by atoms with Gasteiger partial charge in [0.2, 0.25) is 53.2 Å². The maximum Gasteiger partial charge on any atom is 0.243 e. The summed E-state index contributed by atoms with van der Waals surface area (Å²) in [4.78, 5) is 156. The summed E-state index contributed by atoms with van der Waals surface area (Å²) < 4.78 is 0. The average Bonchev–Trinajstić information content (AvgIpc) is 3.16. The molecule has 0 saturated carbocycles. The number of unbranched alkanes of at least 4 members (excludes halogenated alkanes) is 1. The lowest BCUT2D eigenvalue weighted by Gasteiger charge is -2.30. The van der Waals surface area contributed by atoms with E-state index in [1.165, 1.54) is 6.92 Å². The van der Waals surface area contributed by atoms with Gasteiger partial charge in [0, 0.05) is 37.2 Å². The van der Waals surface area contributed by atoms with Crippen LogP contribution in [0.4, 0.5) is 0 Å². The predicted molar refractivity (Wildman–Crippen MR) is 204 cm³/mol. The molecule has 25 heteroatoms. The van der Waals surface area contributed by atoms with Gasteiger partial charge in [-0.2, -0.15) is 0 Å². The summed E-state index contributed by atoms with van der Waals surface area (Å²) in [5.74, 6) is -17.3. The van der Waals surface area contributed by atoms with Crippen LogP contribution in [0.1, 0.15) is 92.4 Å². The van der Waals surface area contributed by atoms with Crippen molar-refractivity contribution in [3.63, 3.8) is 0 Å². The number of carboxylic acid groups (broad SMARTS) is 3. The summed E-state index contributed by atoms with van der Waals surface area (Å²) in [6, 6.07) is -14.1. The second-order valence-electron chi connectivity index (χ2n) is 15.3. The molecule has 9 atom stereocenters. The number of amides is 9. The van der Waals surface area contributed by atoms with Gasteiger partial charge in [-0.3, -0.25) is 43.2 Å². The molecular weight excluding hydrogens is 824 g/mol. The number of hydrogen-bond donors (Lipinski definition) is 10. The molecule has 0 spiro atoms. The highest BCUT2D eigenvalue weighted by molar-refractivity contribution is 6.01. The monoisotopic (exact) mass is 882 g/mol. The number of rotatable bonds is 16. The maximum atomic E-state index is 13.8. The molecule has 0 bridgehead atoms. The highest BCUT2D eigenvalue weighted by Crippen LogP contribution is 2.12. The van der Waals surface area contributed by atoms with Crippen LogP contribution in [0, 0.1) is 11.8 Å². The lowest BCUT2D eigenvalue weighted by Crippen LogP contribution is -2.62. The van der Waals surface area contributed by atoms with Crippen molar-refractivity contribution in [1.29, 1.82) is 0 Å². The van der Waals surface area contributed by atoms with E-state index in [1.807, 2.05) is 0 Å². The Morgan fingerprint density at radius 2 is 0.919 bits per heavy atom. The second-order valence-corrected chi connectivity index (χ2v) is 15.3. The average molecular weight is 883 g/mol. The number of carboxylic acids is 3. The van der Waals surface area contributed by atoms with E-state index < -0.39 is 157 Å². The van der Waals surface area contributed by atoms with Gasteiger partial charge in [-0.05, 0) is 44.4 Å². The topological polar surface area (TPSA) is 424 Å². The Labute approximate surface area is 356 Å². The molecule has 13 N–H and O–H groups in total. The van der Waals surface area contributed by atoms with E-state index in [9.17, 15) is 72.9 Å². The molecule has 9 amide bonds. The summed E-state index contributed by atoms with van der Waals surface area (Å²) >= 11 is 0. The van der Waals surface area contributed by atoms with Crippen molar-refractivity contribution >= 4 is 71.1 Å². The molecule has 1 fully saturated rings. The molecule has 0 aromatic carbocycles. The molecule has 1 heterocycles. The Hall–Kier alpha value is -6.40. The Morgan fingerprint density at radius 3 is 1.34 bits per heavy atom. The van der Waals surface area contributed by atoms with Gasteiger partial charge in [-0.1, -0.05) is 34.1 Å². The number of aliphatic carboxylic acids is 3. The molecule has 0 radical (unpaired) electrons. The molecule has 0 aromatic heterocycles. The molecule has 1 rings (SSSR count). The van der Waals surface area contributed by atoms with Crippen molar-refractivity contribution < 1.29 is 78.6 Å². The normalized spacial score (nSPS) is 25.9. The molecule has 1 aliphatic heterocycles. The number of quaternary nitrogens is 1. The molecule has 1 aliphatic rings. The smallest absolute Gasteiger partial charge is 0.243 e.